The smallest absolute Gasteiger partial charge is 0.220 e. The van der Waals surface area contributed by atoms with Gasteiger partial charge in [0.2, 0.25) is 5.91 Å². The molecule has 1 amide bonds. The van der Waals surface area contributed by atoms with Crippen LogP contribution in [0.25, 0.3) is 11.3 Å². The highest BCUT2D eigenvalue weighted by Gasteiger charge is 2.16. The lowest BCUT2D eigenvalue weighted by atomic mass is 10.0. The number of hydrogen-bond donors (Lipinski definition) is 1. The molecule has 0 aliphatic carbocycles. The average Bonchev–Trinajstić information content (AvgIpc) is 2.85. The van der Waals surface area contributed by atoms with Gasteiger partial charge in [-0.25, -0.2) is 4.98 Å². The number of thiazole rings is 1. The first-order valence-electron chi connectivity index (χ1n) is 7.63. The molecule has 1 unspecified atom stereocenters. The summed E-state index contributed by atoms with van der Waals surface area (Å²) in [7, 11) is 0. The maximum absolute atomic E-state index is 11.3. The molecule has 1 fully saturated rings. The highest BCUT2D eigenvalue weighted by atomic mass is 32.1. The Morgan fingerprint density at radius 3 is 2.86 bits per heavy atom. The van der Waals surface area contributed by atoms with Crippen LogP contribution in [-0.2, 0) is 4.79 Å². The van der Waals surface area contributed by atoms with Crippen LogP contribution in [0.15, 0.2) is 29.6 Å². The molecule has 1 aliphatic heterocycles. The Kier molecular flexibility index (Phi) is 4.73. The molecule has 2 heterocycles. The van der Waals surface area contributed by atoms with Gasteiger partial charge in [0.05, 0.1) is 17.3 Å². The zero-order chi connectivity index (χ0) is 15.4. The molecule has 116 valence electrons. The zero-order valence-corrected chi connectivity index (χ0v) is 13.5. The maximum atomic E-state index is 11.3. The lowest BCUT2D eigenvalue weighted by Gasteiger charge is -2.14. The van der Waals surface area contributed by atoms with E-state index < -0.39 is 0 Å². The number of aromatic nitrogens is 1. The van der Waals surface area contributed by atoms with Gasteiger partial charge in [-0.05, 0) is 49.9 Å². The van der Waals surface area contributed by atoms with Crippen molar-refractivity contribution in [3.8, 4) is 17.0 Å². The zero-order valence-electron chi connectivity index (χ0n) is 12.7. The van der Waals surface area contributed by atoms with Crippen LogP contribution in [0.3, 0.4) is 0 Å². The molecule has 0 bridgehead atoms. The van der Waals surface area contributed by atoms with Crippen molar-refractivity contribution in [3.05, 3.63) is 34.7 Å². The third-order valence-corrected chi connectivity index (χ3v) is 4.68. The summed E-state index contributed by atoms with van der Waals surface area (Å²) in [6.45, 7) is 3.44. The van der Waals surface area contributed by atoms with Gasteiger partial charge in [0.15, 0.2) is 0 Å². The molecule has 1 N–H and O–H groups in total. The molecule has 1 aliphatic rings. The fourth-order valence-corrected chi connectivity index (χ4v) is 3.20. The summed E-state index contributed by atoms with van der Waals surface area (Å²) in [5.41, 5.74) is 2.13. The van der Waals surface area contributed by atoms with E-state index in [9.17, 15) is 4.79 Å². The second-order valence-corrected chi connectivity index (χ2v) is 6.69. The summed E-state index contributed by atoms with van der Waals surface area (Å²) in [6.07, 6.45) is 2.50. The van der Waals surface area contributed by atoms with E-state index in [0.717, 1.165) is 41.4 Å². The molecule has 22 heavy (non-hydrogen) atoms. The highest BCUT2D eigenvalue weighted by molar-refractivity contribution is 7.09. The number of amides is 1. The van der Waals surface area contributed by atoms with Gasteiger partial charge in [0.1, 0.15) is 5.75 Å². The van der Waals surface area contributed by atoms with E-state index in [2.05, 4.69) is 15.7 Å². The Labute approximate surface area is 134 Å². The fraction of sp³-hybridized carbons (Fsp3) is 0.412. The Hall–Kier alpha value is -1.88. The molecule has 0 spiro atoms. The summed E-state index contributed by atoms with van der Waals surface area (Å²) < 4.78 is 5.88. The number of rotatable bonds is 4. The highest BCUT2D eigenvalue weighted by Crippen LogP contribution is 2.24. The topological polar surface area (TPSA) is 51.2 Å². The van der Waals surface area contributed by atoms with Crippen LogP contribution in [0.4, 0.5) is 0 Å². The summed E-state index contributed by atoms with van der Waals surface area (Å²) in [5.74, 6) is 1.48. The molecular formula is C17H20N2O2S. The van der Waals surface area contributed by atoms with Crippen molar-refractivity contribution < 1.29 is 9.53 Å². The van der Waals surface area contributed by atoms with Crippen LogP contribution in [-0.4, -0.2) is 24.0 Å². The van der Waals surface area contributed by atoms with E-state index in [-0.39, 0.29) is 5.91 Å². The van der Waals surface area contributed by atoms with E-state index >= 15 is 0 Å². The standard InChI is InChI=1S/C17H20N2O2S/c1-12-19-16(11-22-12)14-3-5-15(6-4-14)21-10-13-2-7-17(20)18-9-8-13/h3-6,11,13H,2,7-10H2,1H3,(H,18,20). The fourth-order valence-electron chi connectivity index (χ4n) is 2.58. The van der Waals surface area contributed by atoms with Crippen molar-refractivity contribution in [2.45, 2.75) is 26.2 Å². The summed E-state index contributed by atoms with van der Waals surface area (Å²) in [4.78, 5) is 15.8. The van der Waals surface area contributed by atoms with E-state index in [0.29, 0.717) is 18.9 Å². The van der Waals surface area contributed by atoms with Gasteiger partial charge >= 0.3 is 0 Å². The number of ether oxygens (including phenoxy) is 1. The van der Waals surface area contributed by atoms with Crippen LogP contribution in [0.1, 0.15) is 24.3 Å². The van der Waals surface area contributed by atoms with Crippen molar-refractivity contribution in [1.82, 2.24) is 10.3 Å². The van der Waals surface area contributed by atoms with E-state index in [1.165, 1.54) is 0 Å². The molecule has 1 saturated heterocycles. The van der Waals surface area contributed by atoms with Gasteiger partial charge in [-0.3, -0.25) is 4.79 Å². The molecule has 5 heteroatoms. The lowest BCUT2D eigenvalue weighted by Crippen LogP contribution is -2.21. The quantitative estimate of drug-likeness (QED) is 0.940. The number of carbonyl (C=O) groups is 1. The molecule has 1 aromatic heterocycles. The number of nitrogens with zero attached hydrogens (tertiary/aromatic N) is 1. The average molecular weight is 316 g/mol. The number of carbonyl (C=O) groups excluding carboxylic acids is 1. The number of nitrogens with one attached hydrogen (secondary N) is 1. The van der Waals surface area contributed by atoms with Gasteiger partial charge in [-0.1, -0.05) is 0 Å². The van der Waals surface area contributed by atoms with Crippen LogP contribution in [0, 0.1) is 12.8 Å². The minimum absolute atomic E-state index is 0.158. The molecule has 3 rings (SSSR count). The molecule has 1 aromatic carbocycles. The molecule has 0 radical (unpaired) electrons. The van der Waals surface area contributed by atoms with Gasteiger partial charge in [-0.2, -0.15) is 0 Å². The third kappa shape index (κ3) is 3.85. The Morgan fingerprint density at radius 1 is 1.32 bits per heavy atom. The number of benzene rings is 1. The normalized spacial score (nSPS) is 18.6. The van der Waals surface area contributed by atoms with Gasteiger partial charge in [0, 0.05) is 23.9 Å². The Bertz CT molecular complexity index is 636. The lowest BCUT2D eigenvalue weighted by molar-refractivity contribution is -0.120. The molecular weight excluding hydrogens is 296 g/mol. The summed E-state index contributed by atoms with van der Waals surface area (Å²) >= 11 is 1.66. The van der Waals surface area contributed by atoms with Crippen molar-refractivity contribution in [3.63, 3.8) is 0 Å². The van der Waals surface area contributed by atoms with Crippen LogP contribution < -0.4 is 10.1 Å². The van der Waals surface area contributed by atoms with Crippen molar-refractivity contribution in [2.75, 3.05) is 13.2 Å². The maximum Gasteiger partial charge on any atom is 0.220 e. The number of aryl methyl sites for hydroxylation is 1. The van der Waals surface area contributed by atoms with Crippen LogP contribution >= 0.6 is 11.3 Å². The van der Waals surface area contributed by atoms with Crippen molar-refractivity contribution >= 4 is 17.2 Å². The van der Waals surface area contributed by atoms with E-state index in [1.807, 2.05) is 31.2 Å². The molecule has 0 saturated carbocycles. The van der Waals surface area contributed by atoms with E-state index in [1.54, 1.807) is 11.3 Å². The monoisotopic (exact) mass is 316 g/mol. The van der Waals surface area contributed by atoms with Gasteiger partial charge in [-0.15, -0.1) is 11.3 Å². The Morgan fingerprint density at radius 2 is 2.14 bits per heavy atom. The third-order valence-electron chi connectivity index (χ3n) is 3.91. The summed E-state index contributed by atoms with van der Waals surface area (Å²) in [6, 6.07) is 8.07. The van der Waals surface area contributed by atoms with Gasteiger partial charge in [0.25, 0.3) is 0 Å². The summed E-state index contributed by atoms with van der Waals surface area (Å²) in [5, 5.41) is 6.05. The molecule has 1 atom stereocenters. The minimum Gasteiger partial charge on any atom is -0.493 e. The largest absolute Gasteiger partial charge is 0.493 e. The first kappa shape index (κ1) is 15.0. The molecule has 4 nitrogen and oxygen atoms in total. The Balaban J connectivity index is 1.56. The van der Waals surface area contributed by atoms with Gasteiger partial charge < -0.3 is 10.1 Å². The second-order valence-electron chi connectivity index (χ2n) is 5.63. The minimum atomic E-state index is 0.158. The second kappa shape index (κ2) is 6.92. The van der Waals surface area contributed by atoms with E-state index in [4.69, 9.17) is 4.74 Å². The molecule has 2 aromatic rings. The SMILES string of the molecule is Cc1nc(-c2ccc(OCC3CCNC(=O)CC3)cc2)cs1. The van der Waals surface area contributed by atoms with Crippen LogP contribution in [0.2, 0.25) is 0 Å². The number of hydrogen-bond acceptors (Lipinski definition) is 4. The first-order valence-corrected chi connectivity index (χ1v) is 8.51. The predicted molar refractivity (Wildman–Crippen MR) is 88.1 cm³/mol. The predicted octanol–water partition coefficient (Wildman–Crippen LogP) is 3.41. The van der Waals surface area contributed by atoms with Crippen molar-refractivity contribution in [2.24, 2.45) is 5.92 Å². The van der Waals surface area contributed by atoms with Crippen LogP contribution in [0.5, 0.6) is 5.75 Å². The first-order chi connectivity index (χ1) is 10.7. The van der Waals surface area contributed by atoms with Crippen molar-refractivity contribution in [1.29, 1.82) is 0 Å².